The second-order valence-electron chi connectivity index (χ2n) is 3.73. The van der Waals surface area contributed by atoms with Crippen molar-refractivity contribution in [3.8, 4) is 0 Å². The first-order valence-corrected chi connectivity index (χ1v) is 5.92. The first-order valence-electron chi connectivity index (χ1n) is 4.72. The van der Waals surface area contributed by atoms with E-state index in [-0.39, 0.29) is 0 Å². The van der Waals surface area contributed by atoms with Crippen molar-refractivity contribution >= 4 is 38.7 Å². The summed E-state index contributed by atoms with van der Waals surface area (Å²) >= 11 is 8.85. The molecule has 0 saturated carbocycles. The molecule has 0 aliphatic carbocycles. The van der Waals surface area contributed by atoms with Crippen molar-refractivity contribution in [1.29, 1.82) is 0 Å². The number of hydrogen-bond acceptors (Lipinski definition) is 2. The average Bonchev–Trinajstić information content (AvgIpc) is 2.29. The van der Waals surface area contributed by atoms with Crippen LogP contribution in [0.5, 0.6) is 0 Å². The fourth-order valence-electron chi connectivity index (χ4n) is 1.61. The molecule has 74 valence electrons. The quantitative estimate of drug-likeness (QED) is 0.725. The van der Waals surface area contributed by atoms with Crippen molar-refractivity contribution in [2.24, 2.45) is 5.92 Å². The lowest BCUT2D eigenvalue weighted by atomic mass is 10.0. The molecule has 0 radical (unpaired) electrons. The summed E-state index contributed by atoms with van der Waals surface area (Å²) in [5, 5.41) is 3.43. The van der Waals surface area contributed by atoms with Gasteiger partial charge in [0.25, 0.3) is 0 Å². The van der Waals surface area contributed by atoms with Crippen LogP contribution in [0.2, 0.25) is 0 Å². The zero-order valence-electron chi connectivity index (χ0n) is 8.01. The number of halogens is 1. The Hall–Kier alpha value is -0.410. The summed E-state index contributed by atoms with van der Waals surface area (Å²) in [7, 11) is 0. The van der Waals surface area contributed by atoms with Gasteiger partial charge in [-0.05, 0) is 17.7 Å². The van der Waals surface area contributed by atoms with Crippen LogP contribution in [0, 0.1) is 5.92 Å². The van der Waals surface area contributed by atoms with E-state index in [2.05, 4.69) is 46.4 Å². The summed E-state index contributed by atoms with van der Waals surface area (Å²) in [5.41, 5.74) is 2.52. The third kappa shape index (κ3) is 1.98. The van der Waals surface area contributed by atoms with Crippen LogP contribution in [0.3, 0.4) is 0 Å². The molecule has 3 heteroatoms. The molecule has 0 aromatic heterocycles. The van der Waals surface area contributed by atoms with Gasteiger partial charge in [0.2, 0.25) is 0 Å². The topological polar surface area (TPSA) is 12.0 Å². The highest BCUT2D eigenvalue weighted by molar-refractivity contribution is 9.10. The van der Waals surface area contributed by atoms with Crippen molar-refractivity contribution in [1.82, 2.24) is 0 Å². The van der Waals surface area contributed by atoms with E-state index in [0.717, 1.165) is 22.3 Å². The standard InChI is InChI=1S/C11H12BrNS/c1-7-6-13-10-5-9(12)3-2-8(10)4-11(7)14/h2-3,5,7,13H,4,6H2,1H3. The molecule has 0 fully saturated rings. The van der Waals surface area contributed by atoms with Gasteiger partial charge >= 0.3 is 0 Å². The molecule has 14 heavy (non-hydrogen) atoms. The highest BCUT2D eigenvalue weighted by atomic mass is 79.9. The maximum absolute atomic E-state index is 5.37. The zero-order valence-corrected chi connectivity index (χ0v) is 10.4. The summed E-state index contributed by atoms with van der Waals surface area (Å²) in [4.78, 5) is 1.15. The third-order valence-electron chi connectivity index (χ3n) is 2.58. The van der Waals surface area contributed by atoms with Gasteiger partial charge in [0.1, 0.15) is 0 Å². The number of anilines is 1. The molecule has 0 spiro atoms. The Balaban J connectivity index is 2.37. The van der Waals surface area contributed by atoms with Crippen molar-refractivity contribution < 1.29 is 0 Å². The third-order valence-corrected chi connectivity index (χ3v) is 3.62. The fraction of sp³-hybridized carbons (Fsp3) is 0.364. The highest BCUT2D eigenvalue weighted by Crippen LogP contribution is 2.25. The zero-order chi connectivity index (χ0) is 10.1. The van der Waals surface area contributed by atoms with Crippen LogP contribution in [0.25, 0.3) is 0 Å². The Labute approximate surface area is 98.0 Å². The van der Waals surface area contributed by atoms with Gasteiger partial charge in [0.05, 0.1) is 0 Å². The summed E-state index contributed by atoms with van der Waals surface area (Å²) < 4.78 is 1.12. The van der Waals surface area contributed by atoms with E-state index in [1.165, 1.54) is 11.3 Å². The van der Waals surface area contributed by atoms with E-state index in [1.54, 1.807) is 0 Å². The molecular weight excluding hydrogens is 258 g/mol. The first kappa shape index (κ1) is 10.1. The smallest absolute Gasteiger partial charge is 0.0387 e. The Morgan fingerprint density at radius 3 is 3.07 bits per heavy atom. The molecule has 0 bridgehead atoms. The van der Waals surface area contributed by atoms with Crippen molar-refractivity contribution in [2.45, 2.75) is 13.3 Å². The van der Waals surface area contributed by atoms with Gasteiger partial charge < -0.3 is 5.32 Å². The molecule has 1 aromatic carbocycles. The Morgan fingerprint density at radius 2 is 2.29 bits per heavy atom. The molecule has 1 aliphatic heterocycles. The molecule has 1 heterocycles. The molecule has 1 nitrogen and oxygen atoms in total. The number of fused-ring (bicyclic) bond motifs is 1. The first-order chi connectivity index (χ1) is 6.66. The summed E-state index contributed by atoms with van der Waals surface area (Å²) in [6.07, 6.45) is 0.923. The van der Waals surface area contributed by atoms with Gasteiger partial charge in [-0.3, -0.25) is 0 Å². The van der Waals surface area contributed by atoms with Gasteiger partial charge in [-0.1, -0.05) is 41.1 Å². The lowest BCUT2D eigenvalue weighted by molar-refractivity contribution is 0.826. The second kappa shape index (κ2) is 3.99. The second-order valence-corrected chi connectivity index (χ2v) is 5.17. The normalized spacial score (nSPS) is 21.0. The molecule has 0 amide bonds. The number of thiocarbonyl (C=S) groups is 1. The summed E-state index contributed by atoms with van der Waals surface area (Å²) in [5.74, 6) is 0.483. The molecule has 0 saturated heterocycles. The van der Waals surface area contributed by atoms with Gasteiger partial charge in [-0.2, -0.15) is 0 Å². The maximum atomic E-state index is 5.37. The maximum Gasteiger partial charge on any atom is 0.0387 e. The van der Waals surface area contributed by atoms with Crippen molar-refractivity contribution in [3.05, 3.63) is 28.2 Å². The Morgan fingerprint density at radius 1 is 1.50 bits per heavy atom. The number of hydrogen-bond donors (Lipinski definition) is 1. The number of rotatable bonds is 0. The molecule has 1 aromatic rings. The number of benzene rings is 1. The van der Waals surface area contributed by atoms with E-state index in [1.807, 2.05) is 0 Å². The average molecular weight is 270 g/mol. The van der Waals surface area contributed by atoms with Crippen LogP contribution in [0.1, 0.15) is 12.5 Å². The van der Waals surface area contributed by atoms with Gasteiger partial charge in [-0.25, -0.2) is 0 Å². The lowest BCUT2D eigenvalue weighted by Crippen LogP contribution is -2.16. The van der Waals surface area contributed by atoms with Crippen molar-refractivity contribution in [2.75, 3.05) is 11.9 Å². The van der Waals surface area contributed by atoms with Crippen LogP contribution in [-0.4, -0.2) is 11.4 Å². The molecule has 1 N–H and O–H groups in total. The molecule has 1 unspecified atom stereocenters. The molecule has 2 rings (SSSR count). The van der Waals surface area contributed by atoms with Crippen LogP contribution in [-0.2, 0) is 6.42 Å². The molecule has 1 aliphatic rings. The minimum atomic E-state index is 0.483. The van der Waals surface area contributed by atoms with E-state index >= 15 is 0 Å². The monoisotopic (exact) mass is 269 g/mol. The number of nitrogens with one attached hydrogen (secondary N) is 1. The largest absolute Gasteiger partial charge is 0.384 e. The van der Waals surface area contributed by atoms with Crippen LogP contribution >= 0.6 is 28.1 Å². The predicted molar refractivity (Wildman–Crippen MR) is 68.1 cm³/mol. The van der Waals surface area contributed by atoms with E-state index < -0.39 is 0 Å². The summed E-state index contributed by atoms with van der Waals surface area (Å²) in [6.45, 7) is 3.12. The fourth-order valence-corrected chi connectivity index (χ4v) is 2.21. The van der Waals surface area contributed by atoms with Gasteiger partial charge in [-0.15, -0.1) is 0 Å². The summed E-state index contributed by atoms with van der Waals surface area (Å²) in [6, 6.07) is 6.33. The lowest BCUT2D eigenvalue weighted by Gasteiger charge is -2.08. The van der Waals surface area contributed by atoms with E-state index in [0.29, 0.717) is 5.92 Å². The van der Waals surface area contributed by atoms with Crippen molar-refractivity contribution in [3.63, 3.8) is 0 Å². The van der Waals surface area contributed by atoms with Crippen LogP contribution in [0.15, 0.2) is 22.7 Å². The van der Waals surface area contributed by atoms with Gasteiger partial charge in [0, 0.05) is 33.9 Å². The Kier molecular flexibility index (Phi) is 2.88. The highest BCUT2D eigenvalue weighted by Gasteiger charge is 2.16. The van der Waals surface area contributed by atoms with E-state index in [9.17, 15) is 0 Å². The minimum Gasteiger partial charge on any atom is -0.384 e. The van der Waals surface area contributed by atoms with E-state index in [4.69, 9.17) is 12.2 Å². The minimum absolute atomic E-state index is 0.483. The predicted octanol–water partition coefficient (Wildman–Crippen LogP) is 3.42. The SMILES string of the molecule is CC1CNc2cc(Br)ccc2CC1=S. The van der Waals surface area contributed by atoms with Gasteiger partial charge in [0.15, 0.2) is 0 Å². The molecule has 1 atom stereocenters. The van der Waals surface area contributed by atoms with Crippen LogP contribution < -0.4 is 5.32 Å². The molecular formula is C11H12BrNS. The Bertz CT molecular complexity index is 376. The van der Waals surface area contributed by atoms with Crippen LogP contribution in [0.4, 0.5) is 5.69 Å².